The molecule has 1 saturated heterocycles. The van der Waals surface area contributed by atoms with Crippen LogP contribution < -0.4 is 5.69 Å². The molecule has 0 bridgehead atoms. The van der Waals surface area contributed by atoms with Crippen molar-refractivity contribution in [2.45, 2.75) is 32.2 Å². The van der Waals surface area contributed by atoms with Crippen LogP contribution in [0.15, 0.2) is 4.79 Å². The van der Waals surface area contributed by atoms with Crippen molar-refractivity contribution in [3.63, 3.8) is 0 Å². The van der Waals surface area contributed by atoms with Crippen LogP contribution in [0.3, 0.4) is 0 Å². The molecule has 10 nitrogen and oxygen atoms in total. The van der Waals surface area contributed by atoms with Gasteiger partial charge in [0, 0.05) is 25.4 Å². The number of carbonyl (C=O) groups is 2. The molecule has 1 atom stereocenters. The van der Waals surface area contributed by atoms with Crippen LogP contribution in [0.25, 0.3) is 0 Å². The highest BCUT2D eigenvalue weighted by Crippen LogP contribution is 2.18. The average Bonchev–Trinajstić information content (AvgIpc) is 3.04. The molecule has 1 aromatic rings. The highest BCUT2D eigenvalue weighted by molar-refractivity contribution is 7.91. The van der Waals surface area contributed by atoms with Gasteiger partial charge in [0.15, 0.2) is 9.84 Å². The van der Waals surface area contributed by atoms with E-state index in [9.17, 15) is 18.0 Å². The van der Waals surface area contributed by atoms with Crippen LogP contribution in [0.4, 0.5) is 0 Å². The van der Waals surface area contributed by atoms with Crippen LogP contribution >= 0.6 is 0 Å². The summed E-state index contributed by atoms with van der Waals surface area (Å²) in [5.74, 6) is 0.511. The molecule has 1 aromatic heterocycles. The van der Waals surface area contributed by atoms with Gasteiger partial charge < -0.3 is 10.0 Å². The van der Waals surface area contributed by atoms with E-state index in [2.05, 4.69) is 15.2 Å². The van der Waals surface area contributed by atoms with Crippen molar-refractivity contribution < 1.29 is 23.1 Å². The third kappa shape index (κ3) is 5.85. The second-order valence-electron chi connectivity index (χ2n) is 4.97. The van der Waals surface area contributed by atoms with Gasteiger partial charge in [-0.2, -0.15) is 5.10 Å². The number of amides is 1. The molecular formula is C12H20N4O6S. The number of aromatic amines is 2. The van der Waals surface area contributed by atoms with Gasteiger partial charge in [0.05, 0.1) is 11.5 Å². The first-order valence-corrected chi connectivity index (χ1v) is 8.86. The van der Waals surface area contributed by atoms with E-state index in [1.165, 1.54) is 0 Å². The fourth-order valence-electron chi connectivity index (χ4n) is 2.45. The number of nitrogens with zero attached hydrogens (tertiary/aromatic N) is 2. The molecule has 2 heterocycles. The Bertz CT molecular complexity index is 680. The molecule has 0 aliphatic carbocycles. The van der Waals surface area contributed by atoms with Crippen LogP contribution in [0.2, 0.25) is 0 Å². The molecule has 1 aliphatic rings. The molecule has 0 radical (unpaired) electrons. The molecule has 2 rings (SSSR count). The Morgan fingerprint density at radius 1 is 1.52 bits per heavy atom. The highest BCUT2D eigenvalue weighted by Gasteiger charge is 2.33. The van der Waals surface area contributed by atoms with Gasteiger partial charge >= 0.3 is 5.69 Å². The predicted molar refractivity (Wildman–Crippen MR) is 80.7 cm³/mol. The fourth-order valence-corrected chi connectivity index (χ4v) is 4.18. The van der Waals surface area contributed by atoms with Crippen LogP contribution in [0.1, 0.15) is 25.6 Å². The second kappa shape index (κ2) is 8.46. The normalized spacial score (nSPS) is 18.7. The Kier molecular flexibility index (Phi) is 6.94. The second-order valence-corrected chi connectivity index (χ2v) is 7.20. The molecule has 1 unspecified atom stereocenters. The molecule has 130 valence electrons. The number of hydrogen-bond acceptors (Lipinski definition) is 6. The van der Waals surface area contributed by atoms with Gasteiger partial charge in [0.1, 0.15) is 5.82 Å². The molecule has 0 spiro atoms. The smallest absolute Gasteiger partial charge is 0.340 e. The van der Waals surface area contributed by atoms with Gasteiger partial charge in [-0.25, -0.2) is 18.3 Å². The monoisotopic (exact) mass is 348 g/mol. The third-order valence-corrected chi connectivity index (χ3v) is 5.19. The zero-order chi connectivity index (χ0) is 17.5. The van der Waals surface area contributed by atoms with Gasteiger partial charge in [-0.3, -0.25) is 14.6 Å². The number of nitrogens with one attached hydrogen (secondary N) is 2. The lowest BCUT2D eigenvalue weighted by atomic mass is 10.2. The zero-order valence-electron chi connectivity index (χ0n) is 12.7. The quantitative estimate of drug-likeness (QED) is 0.563. The minimum atomic E-state index is -3.01. The Morgan fingerprint density at radius 2 is 2.17 bits per heavy atom. The first-order chi connectivity index (χ1) is 10.8. The van der Waals surface area contributed by atoms with E-state index in [0.29, 0.717) is 25.2 Å². The van der Waals surface area contributed by atoms with E-state index < -0.39 is 15.5 Å². The first kappa shape index (κ1) is 18.9. The maximum Gasteiger partial charge on any atom is 0.340 e. The number of sulfone groups is 1. The van der Waals surface area contributed by atoms with Crippen LogP contribution in [0.5, 0.6) is 0 Å². The first-order valence-electron chi connectivity index (χ1n) is 7.04. The summed E-state index contributed by atoms with van der Waals surface area (Å²) in [5.41, 5.74) is -0.401. The summed E-state index contributed by atoms with van der Waals surface area (Å²) in [6.07, 6.45) is 1.03. The Labute approximate surface area is 132 Å². The van der Waals surface area contributed by atoms with Gasteiger partial charge in [-0.15, -0.1) is 0 Å². The van der Waals surface area contributed by atoms with Crippen molar-refractivity contribution in [3.8, 4) is 0 Å². The minimum Gasteiger partial charge on any atom is -0.483 e. The van der Waals surface area contributed by atoms with Crippen LogP contribution in [0, 0.1) is 0 Å². The van der Waals surface area contributed by atoms with Crippen molar-refractivity contribution in [3.05, 3.63) is 16.3 Å². The molecule has 1 aliphatic heterocycles. The van der Waals surface area contributed by atoms with E-state index in [0.717, 1.165) is 0 Å². The summed E-state index contributed by atoms with van der Waals surface area (Å²) < 4.78 is 22.9. The number of hydrogen-bond donors (Lipinski definition) is 3. The van der Waals surface area contributed by atoms with Gasteiger partial charge in [0.2, 0.25) is 5.91 Å². The molecule has 23 heavy (non-hydrogen) atoms. The lowest BCUT2D eigenvalue weighted by molar-refractivity contribution is -0.132. The topological polar surface area (TPSA) is 153 Å². The summed E-state index contributed by atoms with van der Waals surface area (Å²) in [4.78, 5) is 35.5. The fraction of sp³-hybridized carbons (Fsp3) is 0.667. The molecule has 0 saturated carbocycles. The van der Waals surface area contributed by atoms with Crippen molar-refractivity contribution in [1.82, 2.24) is 20.1 Å². The van der Waals surface area contributed by atoms with Gasteiger partial charge in [-0.05, 0) is 13.3 Å². The summed E-state index contributed by atoms with van der Waals surface area (Å²) in [6, 6.07) is -0.226. The predicted octanol–water partition coefficient (Wildman–Crippen LogP) is -1.23. The number of aromatic nitrogens is 3. The standard InChI is InChI=1S/C11H18N4O4S.CH2O2/c1-2-15(8-5-6-20(18,19)7-8)10(16)4-3-9-12-11(17)14-13-9;2-1-3/h8H,2-7H2,1H3,(H2,12,13,14,17);1H,(H,2,3). The third-order valence-electron chi connectivity index (χ3n) is 3.44. The number of rotatable bonds is 5. The number of carbonyl (C=O) groups excluding carboxylic acids is 1. The van der Waals surface area contributed by atoms with E-state index >= 15 is 0 Å². The largest absolute Gasteiger partial charge is 0.483 e. The minimum absolute atomic E-state index is 0.0474. The van der Waals surface area contributed by atoms with E-state index in [1.807, 2.05) is 6.92 Å². The van der Waals surface area contributed by atoms with Crippen molar-refractivity contribution in [2.24, 2.45) is 0 Å². The Morgan fingerprint density at radius 3 is 2.61 bits per heavy atom. The van der Waals surface area contributed by atoms with Gasteiger partial charge in [0.25, 0.3) is 6.47 Å². The maximum atomic E-state index is 12.2. The van der Waals surface area contributed by atoms with Crippen molar-refractivity contribution >= 4 is 22.2 Å². The molecule has 3 N–H and O–H groups in total. The van der Waals surface area contributed by atoms with Crippen molar-refractivity contribution in [2.75, 3.05) is 18.1 Å². The van der Waals surface area contributed by atoms with Gasteiger partial charge in [-0.1, -0.05) is 0 Å². The molecule has 1 fully saturated rings. The van der Waals surface area contributed by atoms with Crippen LogP contribution in [-0.4, -0.2) is 70.1 Å². The SMILES string of the molecule is CCN(C(=O)CCc1n[nH]c(=O)[nH]1)C1CCS(=O)(=O)C1.O=CO. The maximum absolute atomic E-state index is 12.2. The van der Waals surface area contributed by atoms with Crippen molar-refractivity contribution in [1.29, 1.82) is 0 Å². The summed E-state index contributed by atoms with van der Waals surface area (Å²) in [5, 5.41) is 12.9. The lowest BCUT2D eigenvalue weighted by Gasteiger charge is -2.26. The molecule has 1 amide bonds. The van der Waals surface area contributed by atoms with E-state index in [4.69, 9.17) is 9.90 Å². The molecular weight excluding hydrogens is 328 g/mol. The van der Waals surface area contributed by atoms with Crippen LogP contribution in [-0.2, 0) is 25.8 Å². The zero-order valence-corrected chi connectivity index (χ0v) is 13.5. The average molecular weight is 348 g/mol. The van der Waals surface area contributed by atoms with E-state index in [-0.39, 0.29) is 36.3 Å². The molecule has 11 heteroatoms. The highest BCUT2D eigenvalue weighted by atomic mass is 32.2. The number of aryl methyl sites for hydroxylation is 1. The van der Waals surface area contributed by atoms with E-state index in [1.54, 1.807) is 4.90 Å². The Hall–Kier alpha value is -2.17. The summed E-state index contributed by atoms with van der Waals surface area (Å²) >= 11 is 0. The summed E-state index contributed by atoms with van der Waals surface area (Å²) in [7, 11) is -3.01. The lowest BCUT2D eigenvalue weighted by Crippen LogP contribution is -2.41. The Balaban J connectivity index is 0.000000816. The number of carboxylic acid groups (broad SMARTS) is 1. The summed E-state index contributed by atoms with van der Waals surface area (Å²) in [6.45, 7) is 2.06. The number of H-pyrrole nitrogens is 2. The molecule has 0 aromatic carbocycles.